The topological polar surface area (TPSA) is 66.0 Å². The number of halogens is 3. The number of benzene rings is 2. The van der Waals surface area contributed by atoms with Gasteiger partial charge in [-0.25, -0.2) is 0 Å². The number of hydrogen-bond donors (Lipinski definition) is 1. The number of methoxy groups -OCH3 is 1. The van der Waals surface area contributed by atoms with E-state index in [0.717, 1.165) is 6.42 Å². The molecular formula is C20H20ClF2NO5. The lowest BCUT2D eigenvalue weighted by Gasteiger charge is -2.13. The van der Waals surface area contributed by atoms with Gasteiger partial charge in [-0.2, -0.15) is 8.78 Å². The third kappa shape index (κ3) is 5.63. The van der Waals surface area contributed by atoms with Crippen molar-refractivity contribution in [1.29, 1.82) is 0 Å². The van der Waals surface area contributed by atoms with E-state index in [0.29, 0.717) is 40.9 Å². The largest absolute Gasteiger partial charge is 0.493 e. The predicted molar refractivity (Wildman–Crippen MR) is 102 cm³/mol. The molecule has 0 aromatic heterocycles. The van der Waals surface area contributed by atoms with Crippen LogP contribution in [-0.2, 0) is 17.8 Å². The van der Waals surface area contributed by atoms with Gasteiger partial charge in [0.05, 0.1) is 31.8 Å². The molecule has 0 spiro atoms. The summed E-state index contributed by atoms with van der Waals surface area (Å²) in [5, 5.41) is 3.17. The van der Waals surface area contributed by atoms with Gasteiger partial charge in [-0.1, -0.05) is 17.7 Å². The molecule has 6 nitrogen and oxygen atoms in total. The molecule has 0 atom stereocenters. The number of alkyl halides is 2. The molecule has 1 amide bonds. The average molecular weight is 428 g/mol. The van der Waals surface area contributed by atoms with Crippen LogP contribution in [0.4, 0.5) is 8.78 Å². The lowest BCUT2D eigenvalue weighted by molar-refractivity contribution is -0.120. The molecule has 29 heavy (non-hydrogen) atoms. The van der Waals surface area contributed by atoms with Crippen LogP contribution in [0.1, 0.15) is 17.5 Å². The molecule has 2 aromatic carbocycles. The molecule has 1 N–H and O–H groups in total. The fourth-order valence-electron chi connectivity index (χ4n) is 2.85. The van der Waals surface area contributed by atoms with E-state index in [2.05, 4.69) is 10.1 Å². The van der Waals surface area contributed by atoms with Crippen LogP contribution in [0.5, 0.6) is 23.0 Å². The highest BCUT2D eigenvalue weighted by Crippen LogP contribution is 2.38. The van der Waals surface area contributed by atoms with Crippen molar-refractivity contribution in [1.82, 2.24) is 5.32 Å². The van der Waals surface area contributed by atoms with Crippen LogP contribution in [0.2, 0.25) is 5.02 Å². The quantitative estimate of drug-likeness (QED) is 0.724. The van der Waals surface area contributed by atoms with Gasteiger partial charge in [-0.05, 0) is 35.4 Å². The van der Waals surface area contributed by atoms with Gasteiger partial charge in [-0.3, -0.25) is 4.79 Å². The van der Waals surface area contributed by atoms with E-state index >= 15 is 0 Å². The molecule has 0 saturated heterocycles. The summed E-state index contributed by atoms with van der Waals surface area (Å²) in [6, 6.07) is 7.89. The molecule has 0 radical (unpaired) electrons. The Balaban J connectivity index is 1.61. The monoisotopic (exact) mass is 427 g/mol. The summed E-state index contributed by atoms with van der Waals surface area (Å²) in [7, 11) is 1.35. The van der Waals surface area contributed by atoms with Crippen LogP contribution in [-0.4, -0.2) is 32.8 Å². The van der Waals surface area contributed by atoms with Gasteiger partial charge in [0.25, 0.3) is 0 Å². The first-order valence-corrected chi connectivity index (χ1v) is 9.30. The zero-order valence-corrected chi connectivity index (χ0v) is 16.4. The molecule has 0 unspecified atom stereocenters. The summed E-state index contributed by atoms with van der Waals surface area (Å²) in [6.07, 6.45) is 0.853. The van der Waals surface area contributed by atoms with Gasteiger partial charge in [0.15, 0.2) is 23.0 Å². The molecule has 1 aliphatic heterocycles. The molecule has 9 heteroatoms. The number of fused-ring (bicyclic) bond motifs is 1. The first-order chi connectivity index (χ1) is 14.0. The average Bonchev–Trinajstić information content (AvgIpc) is 2.92. The Morgan fingerprint density at radius 3 is 2.72 bits per heavy atom. The maximum atomic E-state index is 12.4. The Hall–Kier alpha value is -2.74. The maximum Gasteiger partial charge on any atom is 0.387 e. The van der Waals surface area contributed by atoms with E-state index in [9.17, 15) is 13.6 Å². The maximum absolute atomic E-state index is 12.4. The number of carbonyl (C=O) groups excluding carboxylic acids is 1. The van der Waals surface area contributed by atoms with Crippen molar-refractivity contribution in [2.75, 3.05) is 20.3 Å². The fraction of sp³-hybridized carbons (Fsp3) is 0.350. The van der Waals surface area contributed by atoms with Crippen molar-refractivity contribution in [2.24, 2.45) is 0 Å². The predicted octanol–water partition coefficient (Wildman–Crippen LogP) is 3.97. The smallest absolute Gasteiger partial charge is 0.387 e. The van der Waals surface area contributed by atoms with Crippen molar-refractivity contribution in [3.63, 3.8) is 0 Å². The molecule has 0 fully saturated rings. The molecule has 0 saturated carbocycles. The highest BCUT2D eigenvalue weighted by Gasteiger charge is 2.17. The Bertz CT molecular complexity index is 878. The SMILES string of the molecule is COc1cc(CNC(=O)Cc2cc(Cl)c3c(c2)OCCCO3)ccc1OC(F)F. The van der Waals surface area contributed by atoms with Crippen LogP contribution in [0.3, 0.4) is 0 Å². The van der Waals surface area contributed by atoms with Crippen molar-refractivity contribution in [3.05, 3.63) is 46.5 Å². The van der Waals surface area contributed by atoms with Crippen LogP contribution < -0.4 is 24.3 Å². The number of amides is 1. The minimum Gasteiger partial charge on any atom is -0.493 e. The molecule has 1 aliphatic rings. The van der Waals surface area contributed by atoms with Gasteiger partial charge < -0.3 is 24.3 Å². The van der Waals surface area contributed by atoms with E-state index in [1.165, 1.54) is 19.2 Å². The van der Waals surface area contributed by atoms with Crippen molar-refractivity contribution in [2.45, 2.75) is 26.0 Å². The summed E-state index contributed by atoms with van der Waals surface area (Å²) in [5.41, 5.74) is 1.36. The number of rotatable bonds is 7. The zero-order chi connectivity index (χ0) is 20.8. The van der Waals surface area contributed by atoms with Gasteiger partial charge in [0, 0.05) is 13.0 Å². The minimum absolute atomic E-state index is 0.0700. The Labute approximate surface area is 171 Å². The number of hydrogen-bond acceptors (Lipinski definition) is 5. The lowest BCUT2D eigenvalue weighted by Crippen LogP contribution is -2.24. The van der Waals surface area contributed by atoms with Crippen LogP contribution in [0.25, 0.3) is 0 Å². The van der Waals surface area contributed by atoms with Crippen LogP contribution in [0.15, 0.2) is 30.3 Å². The van der Waals surface area contributed by atoms with Gasteiger partial charge in [0.2, 0.25) is 5.91 Å². The van der Waals surface area contributed by atoms with Crippen LogP contribution >= 0.6 is 11.6 Å². The van der Waals surface area contributed by atoms with Crippen molar-refractivity contribution < 1.29 is 32.5 Å². The fourth-order valence-corrected chi connectivity index (χ4v) is 3.14. The Kier molecular flexibility index (Phi) is 6.98. The molecule has 3 rings (SSSR count). The highest BCUT2D eigenvalue weighted by atomic mass is 35.5. The first kappa shape index (κ1) is 21.0. The summed E-state index contributed by atoms with van der Waals surface area (Å²) in [6.45, 7) is -1.71. The normalized spacial score (nSPS) is 13.0. The number of carbonyl (C=O) groups is 1. The van der Waals surface area contributed by atoms with Crippen LogP contribution in [0, 0.1) is 0 Å². The molecule has 2 aromatic rings. The van der Waals surface area contributed by atoms with Crippen molar-refractivity contribution in [3.8, 4) is 23.0 Å². The number of ether oxygens (including phenoxy) is 4. The summed E-state index contributed by atoms with van der Waals surface area (Å²) < 4.78 is 45.4. The molecule has 1 heterocycles. The van der Waals surface area contributed by atoms with Crippen molar-refractivity contribution >= 4 is 17.5 Å². The second-order valence-corrected chi connectivity index (χ2v) is 6.68. The summed E-state index contributed by atoms with van der Waals surface area (Å²) >= 11 is 6.24. The Morgan fingerprint density at radius 1 is 1.17 bits per heavy atom. The Morgan fingerprint density at radius 2 is 1.97 bits per heavy atom. The summed E-state index contributed by atoms with van der Waals surface area (Å²) in [5.74, 6) is 0.872. The van der Waals surface area contributed by atoms with E-state index in [1.54, 1.807) is 18.2 Å². The van der Waals surface area contributed by atoms with Gasteiger partial charge in [0.1, 0.15) is 0 Å². The molecule has 0 bridgehead atoms. The molecule has 156 valence electrons. The van der Waals surface area contributed by atoms with E-state index in [-0.39, 0.29) is 30.4 Å². The van der Waals surface area contributed by atoms with E-state index < -0.39 is 6.61 Å². The first-order valence-electron chi connectivity index (χ1n) is 8.92. The standard InChI is InChI=1S/C20H20ClF2NO5/c1-26-16-8-12(3-4-15(16)29-20(22)23)11-24-18(25)10-13-7-14(21)19-17(9-13)27-5-2-6-28-19/h3-4,7-9,20H,2,5-6,10-11H2,1H3,(H,24,25). The zero-order valence-electron chi connectivity index (χ0n) is 15.7. The van der Waals surface area contributed by atoms with Gasteiger partial charge in [-0.15, -0.1) is 0 Å². The van der Waals surface area contributed by atoms with E-state index in [4.69, 9.17) is 25.8 Å². The second kappa shape index (κ2) is 9.65. The summed E-state index contributed by atoms with van der Waals surface area (Å²) in [4.78, 5) is 12.3. The second-order valence-electron chi connectivity index (χ2n) is 6.27. The third-order valence-corrected chi connectivity index (χ3v) is 4.44. The number of nitrogens with one attached hydrogen (secondary N) is 1. The van der Waals surface area contributed by atoms with Gasteiger partial charge >= 0.3 is 6.61 Å². The third-order valence-electron chi connectivity index (χ3n) is 4.16. The lowest BCUT2D eigenvalue weighted by atomic mass is 10.1. The minimum atomic E-state index is -2.95. The highest BCUT2D eigenvalue weighted by molar-refractivity contribution is 6.32. The molecular weight excluding hydrogens is 408 g/mol. The molecule has 0 aliphatic carbocycles. The van der Waals surface area contributed by atoms with E-state index in [1.807, 2.05) is 0 Å².